The molecular formula is C17H18F6N4. The van der Waals surface area contributed by atoms with Crippen LogP contribution in [0.5, 0.6) is 0 Å². The van der Waals surface area contributed by atoms with Gasteiger partial charge in [0.05, 0.1) is 6.54 Å². The number of hydrogen-bond donors (Lipinski definition) is 2. The van der Waals surface area contributed by atoms with Gasteiger partial charge in [-0.15, -0.1) is 0 Å². The lowest BCUT2D eigenvalue weighted by molar-refractivity contribution is -0.0675. The molecule has 1 aromatic rings. The summed E-state index contributed by atoms with van der Waals surface area (Å²) in [6.07, 6.45) is -3.96. The lowest BCUT2D eigenvalue weighted by atomic mass is 10.1. The molecule has 1 aromatic carbocycles. The molecule has 0 aliphatic carbocycles. The Morgan fingerprint density at radius 2 is 1.70 bits per heavy atom. The molecule has 0 spiro atoms. The van der Waals surface area contributed by atoms with Crippen LogP contribution in [0.15, 0.2) is 24.4 Å². The Hall–Kier alpha value is -2.52. The zero-order chi connectivity index (χ0) is 20.4. The molecule has 0 unspecified atom stereocenters. The van der Waals surface area contributed by atoms with Crippen molar-refractivity contribution in [3.05, 3.63) is 47.4 Å². The van der Waals surface area contributed by atoms with Crippen molar-refractivity contribution in [1.82, 2.24) is 9.80 Å². The van der Waals surface area contributed by atoms with E-state index in [1.54, 1.807) is 4.90 Å². The van der Waals surface area contributed by atoms with E-state index in [-0.39, 0.29) is 37.5 Å². The second-order valence-corrected chi connectivity index (χ2v) is 6.14. The van der Waals surface area contributed by atoms with Crippen LogP contribution in [0.4, 0.5) is 26.3 Å². The molecule has 27 heavy (non-hydrogen) atoms. The van der Waals surface area contributed by atoms with Crippen molar-refractivity contribution in [2.75, 3.05) is 19.6 Å². The van der Waals surface area contributed by atoms with Crippen LogP contribution in [0.1, 0.15) is 18.4 Å². The zero-order valence-corrected chi connectivity index (χ0v) is 14.3. The molecule has 0 bridgehead atoms. The maximum atomic E-state index is 13.6. The fourth-order valence-electron chi connectivity index (χ4n) is 2.77. The number of nitrogens with zero attached hydrogens (tertiary/aromatic N) is 2. The summed E-state index contributed by atoms with van der Waals surface area (Å²) in [6.45, 7) is 3.67. The largest absolute Gasteiger partial charge is 0.449 e. The molecule has 0 atom stereocenters. The topological polar surface area (TPSA) is 54.2 Å². The maximum absolute atomic E-state index is 13.6. The predicted molar refractivity (Wildman–Crippen MR) is 88.2 cm³/mol. The first-order valence-electron chi connectivity index (χ1n) is 8.07. The quantitative estimate of drug-likeness (QED) is 0.344. The Bertz CT molecular complexity index is 759. The van der Waals surface area contributed by atoms with Crippen molar-refractivity contribution in [1.29, 1.82) is 10.8 Å². The highest BCUT2D eigenvalue weighted by molar-refractivity contribution is 6.01. The summed E-state index contributed by atoms with van der Waals surface area (Å²) in [4.78, 5) is 2.21. The number of hydrogen-bond acceptors (Lipinski definition) is 3. The number of rotatable bonds is 5. The third kappa shape index (κ3) is 5.01. The van der Waals surface area contributed by atoms with Crippen LogP contribution >= 0.6 is 0 Å². The second-order valence-electron chi connectivity index (χ2n) is 6.14. The molecular weight excluding hydrogens is 374 g/mol. The summed E-state index contributed by atoms with van der Waals surface area (Å²) < 4.78 is 77.5. The Kier molecular flexibility index (Phi) is 6.17. The minimum absolute atomic E-state index is 0.0258. The molecule has 0 aromatic heterocycles. The molecule has 1 aliphatic heterocycles. The standard InChI is InChI=1S/C17H18F6N4/c1-10(3-2-4-11-7-13(19)14(20)8-12(11)18)26-5-6-27(15(24)9-26)16(25)17(21,22)23/h7-8,24-25H,1-6,9H2. The molecule has 1 fully saturated rings. The second kappa shape index (κ2) is 8.01. The Balaban J connectivity index is 1.87. The molecule has 2 rings (SSSR count). The van der Waals surface area contributed by atoms with Gasteiger partial charge in [-0.3, -0.25) is 10.8 Å². The molecule has 148 valence electrons. The van der Waals surface area contributed by atoms with Gasteiger partial charge in [0, 0.05) is 24.9 Å². The number of halogens is 6. The Labute approximate surface area is 152 Å². The average molecular weight is 392 g/mol. The highest BCUT2D eigenvalue weighted by atomic mass is 19.4. The van der Waals surface area contributed by atoms with E-state index in [0.717, 1.165) is 6.07 Å². The molecule has 1 saturated heterocycles. The van der Waals surface area contributed by atoms with Gasteiger partial charge in [-0.2, -0.15) is 13.2 Å². The summed E-state index contributed by atoms with van der Waals surface area (Å²) in [5, 5.41) is 14.9. The number of alkyl halides is 3. The molecule has 0 amide bonds. The van der Waals surface area contributed by atoms with Gasteiger partial charge in [0.15, 0.2) is 11.6 Å². The smallest absolute Gasteiger partial charge is 0.366 e. The van der Waals surface area contributed by atoms with Crippen molar-refractivity contribution < 1.29 is 26.3 Å². The van der Waals surface area contributed by atoms with Crippen molar-refractivity contribution in [3.8, 4) is 0 Å². The number of nitrogens with one attached hydrogen (secondary N) is 2. The fraction of sp³-hybridized carbons (Fsp3) is 0.412. The van der Waals surface area contributed by atoms with Crippen LogP contribution in [-0.4, -0.2) is 47.3 Å². The number of amidine groups is 2. The van der Waals surface area contributed by atoms with Crippen LogP contribution in [-0.2, 0) is 6.42 Å². The van der Waals surface area contributed by atoms with Gasteiger partial charge in [0.1, 0.15) is 11.7 Å². The van der Waals surface area contributed by atoms with Crippen LogP contribution in [0.2, 0.25) is 0 Å². The summed E-state index contributed by atoms with van der Waals surface area (Å²) in [5.41, 5.74) is 0.568. The molecule has 1 aliphatic rings. The Morgan fingerprint density at radius 3 is 2.30 bits per heavy atom. The highest BCUT2D eigenvalue weighted by Crippen LogP contribution is 2.23. The van der Waals surface area contributed by atoms with Gasteiger partial charge >= 0.3 is 6.18 Å². The molecule has 1 heterocycles. The first-order chi connectivity index (χ1) is 12.5. The third-order valence-corrected chi connectivity index (χ3v) is 4.25. The van der Waals surface area contributed by atoms with E-state index in [4.69, 9.17) is 10.8 Å². The molecule has 2 N–H and O–H groups in total. The average Bonchev–Trinajstić information content (AvgIpc) is 2.57. The molecule has 0 radical (unpaired) electrons. The van der Waals surface area contributed by atoms with E-state index in [2.05, 4.69) is 6.58 Å². The van der Waals surface area contributed by atoms with E-state index in [1.165, 1.54) is 0 Å². The Morgan fingerprint density at radius 1 is 1.07 bits per heavy atom. The molecule has 10 heteroatoms. The summed E-state index contributed by atoms with van der Waals surface area (Å²) in [5.74, 6) is -5.19. The van der Waals surface area contributed by atoms with Gasteiger partial charge in [0.25, 0.3) is 0 Å². The zero-order valence-electron chi connectivity index (χ0n) is 14.3. The van der Waals surface area contributed by atoms with Crippen LogP contribution in [0.25, 0.3) is 0 Å². The highest BCUT2D eigenvalue weighted by Gasteiger charge is 2.41. The summed E-state index contributed by atoms with van der Waals surface area (Å²) in [6, 6.07) is 1.28. The lowest BCUT2D eigenvalue weighted by Gasteiger charge is -2.38. The SMILES string of the molecule is C=C(CCCc1cc(F)c(F)cc1F)N1CCN(C(=N)C(F)(F)F)C(=N)C1. The summed E-state index contributed by atoms with van der Waals surface area (Å²) in [7, 11) is 0. The monoisotopic (exact) mass is 392 g/mol. The van der Waals surface area contributed by atoms with E-state index >= 15 is 0 Å². The van der Waals surface area contributed by atoms with Gasteiger partial charge in [0.2, 0.25) is 5.84 Å². The van der Waals surface area contributed by atoms with Crippen LogP contribution < -0.4 is 0 Å². The third-order valence-electron chi connectivity index (χ3n) is 4.25. The summed E-state index contributed by atoms with van der Waals surface area (Å²) >= 11 is 0. The molecule has 0 saturated carbocycles. The van der Waals surface area contributed by atoms with Gasteiger partial charge in [-0.1, -0.05) is 6.58 Å². The maximum Gasteiger partial charge on any atom is 0.449 e. The van der Waals surface area contributed by atoms with E-state index in [9.17, 15) is 26.3 Å². The van der Waals surface area contributed by atoms with Crippen molar-refractivity contribution in [2.45, 2.75) is 25.4 Å². The van der Waals surface area contributed by atoms with E-state index in [1.807, 2.05) is 0 Å². The number of benzene rings is 1. The van der Waals surface area contributed by atoms with Crippen LogP contribution in [0.3, 0.4) is 0 Å². The first kappa shape index (κ1) is 20.8. The number of allylic oxidation sites excluding steroid dienone is 1. The van der Waals surface area contributed by atoms with Crippen molar-refractivity contribution in [2.24, 2.45) is 0 Å². The molecule has 4 nitrogen and oxygen atoms in total. The van der Waals surface area contributed by atoms with Gasteiger partial charge in [-0.25, -0.2) is 13.2 Å². The van der Waals surface area contributed by atoms with Crippen molar-refractivity contribution >= 4 is 11.7 Å². The van der Waals surface area contributed by atoms with Gasteiger partial charge < -0.3 is 9.80 Å². The van der Waals surface area contributed by atoms with E-state index < -0.39 is 29.5 Å². The number of aryl methyl sites for hydroxylation is 1. The van der Waals surface area contributed by atoms with E-state index in [0.29, 0.717) is 29.5 Å². The van der Waals surface area contributed by atoms with Crippen LogP contribution in [0, 0.1) is 28.3 Å². The minimum atomic E-state index is -4.82. The minimum Gasteiger partial charge on any atom is -0.366 e. The normalized spacial score (nSPS) is 15.3. The first-order valence-corrected chi connectivity index (χ1v) is 8.07. The lowest BCUT2D eigenvalue weighted by Crippen LogP contribution is -2.54. The predicted octanol–water partition coefficient (Wildman–Crippen LogP) is 4.07. The van der Waals surface area contributed by atoms with Gasteiger partial charge in [-0.05, 0) is 30.9 Å². The van der Waals surface area contributed by atoms with Crippen molar-refractivity contribution in [3.63, 3.8) is 0 Å². The number of piperazine rings is 1. The fourth-order valence-corrected chi connectivity index (χ4v) is 2.77.